The summed E-state index contributed by atoms with van der Waals surface area (Å²) < 4.78 is 0. The van der Waals surface area contributed by atoms with Gasteiger partial charge >= 0.3 is 0 Å². The SMILES string of the molecule is C1=c2nc3c(cc2N=N1)=Nc1ccccc1-3. The molecule has 0 unspecified atom stereocenters. The summed E-state index contributed by atoms with van der Waals surface area (Å²) in [7, 11) is 0. The van der Waals surface area contributed by atoms with Crippen molar-refractivity contribution >= 4 is 17.6 Å². The highest BCUT2D eigenvalue weighted by molar-refractivity contribution is 5.77. The topological polar surface area (TPSA) is 50.0 Å². The van der Waals surface area contributed by atoms with Gasteiger partial charge in [0.2, 0.25) is 0 Å². The maximum absolute atomic E-state index is 4.54. The van der Waals surface area contributed by atoms with Crippen LogP contribution in [0.1, 0.15) is 0 Å². The van der Waals surface area contributed by atoms with Crippen LogP contribution in [0.25, 0.3) is 17.5 Å². The summed E-state index contributed by atoms with van der Waals surface area (Å²) in [6, 6.07) is 9.94. The molecule has 0 aliphatic carbocycles. The molecule has 0 N–H and O–H groups in total. The van der Waals surface area contributed by atoms with Crippen molar-refractivity contribution in [2.24, 2.45) is 15.2 Å². The van der Waals surface area contributed by atoms with E-state index in [1.807, 2.05) is 30.3 Å². The Hall–Kier alpha value is -2.36. The molecule has 0 amide bonds. The van der Waals surface area contributed by atoms with Crippen LogP contribution in [0.5, 0.6) is 0 Å². The molecule has 2 aliphatic rings. The number of hydrogen-bond acceptors (Lipinski definition) is 4. The van der Waals surface area contributed by atoms with E-state index in [2.05, 4.69) is 20.2 Å². The lowest BCUT2D eigenvalue weighted by atomic mass is 10.1. The van der Waals surface area contributed by atoms with Crippen LogP contribution in [-0.2, 0) is 0 Å². The second-order valence-electron chi connectivity index (χ2n) is 3.73. The van der Waals surface area contributed by atoms with Gasteiger partial charge in [-0.1, -0.05) is 18.2 Å². The van der Waals surface area contributed by atoms with Crippen molar-refractivity contribution in [2.45, 2.75) is 0 Å². The molecule has 2 aromatic rings. The van der Waals surface area contributed by atoms with Gasteiger partial charge in [-0.2, -0.15) is 5.11 Å². The molecule has 2 aliphatic heterocycles. The first-order chi connectivity index (χ1) is 7.92. The smallest absolute Gasteiger partial charge is 0.115 e. The number of azo groups is 1. The Kier molecular flexibility index (Phi) is 1.28. The van der Waals surface area contributed by atoms with Crippen LogP contribution in [-0.4, -0.2) is 4.98 Å². The molecule has 1 aromatic carbocycles. The van der Waals surface area contributed by atoms with E-state index in [0.29, 0.717) is 0 Å². The first kappa shape index (κ1) is 7.87. The van der Waals surface area contributed by atoms with Crippen molar-refractivity contribution in [1.29, 1.82) is 0 Å². The minimum atomic E-state index is 0.801. The van der Waals surface area contributed by atoms with Gasteiger partial charge in [-0.25, -0.2) is 9.98 Å². The lowest BCUT2D eigenvalue weighted by Crippen LogP contribution is -2.14. The van der Waals surface area contributed by atoms with Crippen molar-refractivity contribution in [3.8, 4) is 11.3 Å². The predicted octanol–water partition coefficient (Wildman–Crippen LogP) is 1.85. The van der Waals surface area contributed by atoms with Crippen molar-refractivity contribution in [1.82, 2.24) is 4.98 Å². The average Bonchev–Trinajstić information content (AvgIpc) is 2.88. The zero-order valence-corrected chi connectivity index (χ0v) is 8.25. The fraction of sp³-hybridized carbons (Fsp3) is 0. The van der Waals surface area contributed by atoms with Crippen molar-refractivity contribution in [2.75, 3.05) is 0 Å². The van der Waals surface area contributed by atoms with Gasteiger partial charge in [0.25, 0.3) is 0 Å². The third kappa shape index (κ3) is 0.883. The van der Waals surface area contributed by atoms with Crippen LogP contribution in [0.2, 0.25) is 0 Å². The number of nitrogens with zero attached hydrogens (tertiary/aromatic N) is 4. The molecular weight excluding hydrogens is 200 g/mol. The summed E-state index contributed by atoms with van der Waals surface area (Å²) in [6.45, 7) is 0. The molecule has 74 valence electrons. The van der Waals surface area contributed by atoms with Crippen LogP contribution in [0, 0.1) is 0 Å². The van der Waals surface area contributed by atoms with Crippen LogP contribution in [0.3, 0.4) is 0 Å². The van der Waals surface area contributed by atoms with Crippen LogP contribution >= 0.6 is 0 Å². The number of rotatable bonds is 0. The number of benzene rings is 1. The van der Waals surface area contributed by atoms with Gasteiger partial charge in [0.05, 0.1) is 22.9 Å². The molecule has 4 rings (SSSR count). The van der Waals surface area contributed by atoms with Gasteiger partial charge in [-0.3, -0.25) is 0 Å². The Morgan fingerprint density at radius 2 is 1.94 bits per heavy atom. The lowest BCUT2D eigenvalue weighted by molar-refractivity contribution is 1.21. The van der Waals surface area contributed by atoms with Gasteiger partial charge in [-0.15, -0.1) is 5.11 Å². The second kappa shape index (κ2) is 2.61. The predicted molar refractivity (Wildman–Crippen MR) is 59.1 cm³/mol. The van der Waals surface area contributed by atoms with E-state index in [0.717, 1.165) is 33.3 Å². The summed E-state index contributed by atoms with van der Waals surface area (Å²) in [5, 5.41) is 9.54. The highest BCUT2D eigenvalue weighted by Gasteiger charge is 2.16. The van der Waals surface area contributed by atoms with E-state index in [4.69, 9.17) is 0 Å². The average molecular weight is 206 g/mol. The number of fused-ring (bicyclic) bond motifs is 4. The fourth-order valence-electron chi connectivity index (χ4n) is 2.01. The highest BCUT2D eigenvalue weighted by atomic mass is 15.1. The molecule has 0 bridgehead atoms. The molecule has 0 radical (unpaired) electrons. The normalized spacial score (nSPS) is 13.8. The molecule has 0 atom stereocenters. The molecule has 0 fully saturated rings. The Bertz CT molecular complexity index is 759. The fourth-order valence-corrected chi connectivity index (χ4v) is 2.01. The number of pyridine rings is 1. The number of hydrogen-bond donors (Lipinski definition) is 0. The summed E-state index contributed by atoms with van der Waals surface area (Å²) in [4.78, 5) is 9.05. The Morgan fingerprint density at radius 3 is 2.94 bits per heavy atom. The lowest BCUT2D eigenvalue weighted by Gasteiger charge is -1.96. The molecule has 3 heterocycles. The molecular formula is C12H6N4. The summed E-state index contributed by atoms with van der Waals surface area (Å²) in [5.41, 5.74) is 3.79. The Morgan fingerprint density at radius 1 is 1.00 bits per heavy atom. The molecule has 16 heavy (non-hydrogen) atoms. The molecule has 4 nitrogen and oxygen atoms in total. The van der Waals surface area contributed by atoms with E-state index in [1.54, 1.807) is 6.20 Å². The van der Waals surface area contributed by atoms with Gasteiger partial charge in [-0.05, 0) is 12.1 Å². The van der Waals surface area contributed by atoms with Crippen LogP contribution in [0.15, 0.2) is 45.6 Å². The maximum Gasteiger partial charge on any atom is 0.115 e. The Labute approximate surface area is 90.7 Å². The quantitative estimate of drug-likeness (QED) is 0.553. The largest absolute Gasteiger partial charge is 0.246 e. The maximum atomic E-state index is 4.54. The minimum Gasteiger partial charge on any atom is -0.246 e. The molecule has 0 saturated carbocycles. The van der Waals surface area contributed by atoms with Gasteiger partial charge < -0.3 is 0 Å². The molecule has 0 saturated heterocycles. The molecule has 1 aromatic heterocycles. The molecule has 4 heteroatoms. The first-order valence-corrected chi connectivity index (χ1v) is 5.02. The van der Waals surface area contributed by atoms with Crippen molar-refractivity contribution in [3.05, 3.63) is 41.0 Å². The number of para-hydroxylation sites is 1. The monoisotopic (exact) mass is 206 g/mol. The standard InChI is InChI=1S/C12H6N4/c1-2-4-8-7(3-1)12-10(14-8)5-9-11(15-12)6-13-16-9/h1-6H. The highest BCUT2D eigenvalue weighted by Crippen LogP contribution is 2.30. The molecule has 0 spiro atoms. The van der Waals surface area contributed by atoms with E-state index in [9.17, 15) is 0 Å². The van der Waals surface area contributed by atoms with Gasteiger partial charge in [0.1, 0.15) is 11.0 Å². The van der Waals surface area contributed by atoms with Crippen LogP contribution in [0.4, 0.5) is 11.4 Å². The second-order valence-corrected chi connectivity index (χ2v) is 3.73. The summed E-state index contributed by atoms with van der Waals surface area (Å²) >= 11 is 0. The van der Waals surface area contributed by atoms with Crippen molar-refractivity contribution in [3.63, 3.8) is 0 Å². The first-order valence-electron chi connectivity index (χ1n) is 5.02. The zero-order valence-electron chi connectivity index (χ0n) is 8.25. The van der Waals surface area contributed by atoms with Crippen molar-refractivity contribution < 1.29 is 0 Å². The van der Waals surface area contributed by atoms with E-state index in [-0.39, 0.29) is 0 Å². The summed E-state index contributed by atoms with van der Waals surface area (Å²) in [5.74, 6) is 0. The minimum absolute atomic E-state index is 0.801. The van der Waals surface area contributed by atoms with E-state index in [1.165, 1.54) is 0 Å². The Balaban J connectivity index is 2.15. The number of aromatic nitrogens is 1. The summed E-state index contributed by atoms with van der Waals surface area (Å²) in [6.07, 6.45) is 1.68. The zero-order chi connectivity index (χ0) is 10.5. The third-order valence-corrected chi connectivity index (χ3v) is 2.76. The third-order valence-electron chi connectivity index (χ3n) is 2.76. The van der Waals surface area contributed by atoms with Gasteiger partial charge in [0, 0.05) is 5.56 Å². The van der Waals surface area contributed by atoms with E-state index >= 15 is 0 Å². The van der Waals surface area contributed by atoms with E-state index < -0.39 is 0 Å². The van der Waals surface area contributed by atoms with Crippen LogP contribution < -0.4 is 10.7 Å². The van der Waals surface area contributed by atoms with Gasteiger partial charge in [0.15, 0.2) is 0 Å².